The minimum absolute atomic E-state index is 0.0768. The normalized spacial score (nSPS) is 10.7. The van der Waals surface area contributed by atoms with E-state index in [2.05, 4.69) is 10.2 Å². The van der Waals surface area contributed by atoms with Gasteiger partial charge in [-0.3, -0.25) is 4.79 Å². The molecule has 2 aromatic carbocycles. The first-order valence-corrected chi connectivity index (χ1v) is 9.68. The predicted molar refractivity (Wildman–Crippen MR) is 107 cm³/mol. The molecule has 0 bridgehead atoms. The van der Waals surface area contributed by atoms with Crippen LogP contribution in [-0.2, 0) is 11.3 Å². The molecule has 0 unspecified atom stereocenters. The van der Waals surface area contributed by atoms with Crippen LogP contribution in [0, 0.1) is 0 Å². The standard InChI is InChI=1S/C21H17N3O3S/c25-19(15-28-21-23-22-20(27-21)16-8-3-1-4-9-16)24(14-18-12-7-13-26-18)17-10-5-2-6-11-17/h1-13H,14-15H2. The Morgan fingerprint density at radius 3 is 2.39 bits per heavy atom. The van der Waals surface area contributed by atoms with Crippen molar-refractivity contribution >= 4 is 23.4 Å². The lowest BCUT2D eigenvalue weighted by Crippen LogP contribution is -2.31. The largest absolute Gasteiger partial charge is 0.467 e. The number of nitrogens with zero attached hydrogens (tertiary/aromatic N) is 3. The zero-order valence-electron chi connectivity index (χ0n) is 14.9. The summed E-state index contributed by atoms with van der Waals surface area (Å²) >= 11 is 1.22. The minimum Gasteiger partial charge on any atom is -0.467 e. The van der Waals surface area contributed by atoms with Crippen LogP contribution >= 0.6 is 11.8 Å². The van der Waals surface area contributed by atoms with E-state index in [1.807, 2.05) is 66.7 Å². The maximum absolute atomic E-state index is 12.9. The van der Waals surface area contributed by atoms with Gasteiger partial charge in [0.25, 0.3) is 5.22 Å². The summed E-state index contributed by atoms with van der Waals surface area (Å²) < 4.78 is 11.1. The Kier molecular flexibility index (Phi) is 5.53. The molecule has 6 nitrogen and oxygen atoms in total. The van der Waals surface area contributed by atoms with E-state index in [1.165, 1.54) is 11.8 Å². The molecule has 2 heterocycles. The molecule has 7 heteroatoms. The smallest absolute Gasteiger partial charge is 0.277 e. The van der Waals surface area contributed by atoms with Gasteiger partial charge < -0.3 is 13.7 Å². The van der Waals surface area contributed by atoms with Gasteiger partial charge in [0.05, 0.1) is 18.6 Å². The molecule has 0 saturated heterocycles. The third kappa shape index (κ3) is 4.32. The highest BCUT2D eigenvalue weighted by Gasteiger charge is 2.19. The molecule has 28 heavy (non-hydrogen) atoms. The van der Waals surface area contributed by atoms with Crippen molar-refractivity contribution in [2.75, 3.05) is 10.7 Å². The van der Waals surface area contributed by atoms with Gasteiger partial charge in [0.15, 0.2) is 0 Å². The van der Waals surface area contributed by atoms with Crippen LogP contribution in [-0.4, -0.2) is 21.9 Å². The number of anilines is 1. The van der Waals surface area contributed by atoms with Gasteiger partial charge in [-0.1, -0.05) is 48.2 Å². The fraction of sp³-hybridized carbons (Fsp3) is 0.0952. The van der Waals surface area contributed by atoms with E-state index in [-0.39, 0.29) is 11.7 Å². The summed E-state index contributed by atoms with van der Waals surface area (Å²) in [6.07, 6.45) is 1.60. The molecule has 0 aliphatic heterocycles. The van der Waals surface area contributed by atoms with E-state index < -0.39 is 0 Å². The number of carbonyl (C=O) groups is 1. The van der Waals surface area contributed by atoms with Crippen molar-refractivity contribution in [2.45, 2.75) is 11.8 Å². The summed E-state index contributed by atoms with van der Waals surface area (Å²) in [5, 5.41) is 8.44. The highest BCUT2D eigenvalue weighted by Crippen LogP contribution is 2.24. The minimum atomic E-state index is -0.0768. The van der Waals surface area contributed by atoms with E-state index >= 15 is 0 Å². The van der Waals surface area contributed by atoms with Crippen LogP contribution in [0.5, 0.6) is 0 Å². The average molecular weight is 391 g/mol. The van der Waals surface area contributed by atoms with Crippen molar-refractivity contribution in [1.29, 1.82) is 0 Å². The quantitative estimate of drug-likeness (QED) is 0.427. The van der Waals surface area contributed by atoms with E-state index in [9.17, 15) is 4.79 Å². The number of amides is 1. The topological polar surface area (TPSA) is 72.4 Å². The van der Waals surface area contributed by atoms with Crippen LogP contribution in [0.2, 0.25) is 0 Å². The molecule has 0 fully saturated rings. The summed E-state index contributed by atoms with van der Waals surface area (Å²) in [6, 6.07) is 22.7. The molecule has 0 aliphatic rings. The van der Waals surface area contributed by atoms with Crippen LogP contribution in [0.3, 0.4) is 0 Å². The first-order valence-electron chi connectivity index (χ1n) is 8.69. The zero-order chi connectivity index (χ0) is 19.2. The molecular weight excluding hydrogens is 374 g/mol. The van der Waals surface area contributed by atoms with Gasteiger partial charge in [0.2, 0.25) is 11.8 Å². The number of para-hydroxylation sites is 1. The summed E-state index contributed by atoms with van der Waals surface area (Å²) in [5.74, 6) is 1.25. The van der Waals surface area contributed by atoms with E-state index in [0.717, 1.165) is 11.3 Å². The van der Waals surface area contributed by atoms with Crippen molar-refractivity contribution in [3.8, 4) is 11.5 Å². The summed E-state index contributed by atoms with van der Waals surface area (Å²) in [5.41, 5.74) is 1.65. The monoisotopic (exact) mass is 391 g/mol. The molecule has 4 aromatic rings. The number of hydrogen-bond acceptors (Lipinski definition) is 6. The third-order valence-corrected chi connectivity index (χ3v) is 4.81. The lowest BCUT2D eigenvalue weighted by atomic mass is 10.2. The van der Waals surface area contributed by atoms with Crippen molar-refractivity contribution < 1.29 is 13.6 Å². The number of carbonyl (C=O) groups excluding carboxylic acids is 1. The number of benzene rings is 2. The van der Waals surface area contributed by atoms with Gasteiger partial charge in [0.1, 0.15) is 5.76 Å². The van der Waals surface area contributed by atoms with Crippen LogP contribution in [0.15, 0.2) is 93.1 Å². The molecule has 1 amide bonds. The van der Waals surface area contributed by atoms with E-state index in [4.69, 9.17) is 8.83 Å². The molecule has 2 aromatic heterocycles. The van der Waals surface area contributed by atoms with Gasteiger partial charge in [-0.15, -0.1) is 10.2 Å². The van der Waals surface area contributed by atoms with Gasteiger partial charge >= 0.3 is 0 Å². The van der Waals surface area contributed by atoms with Crippen LogP contribution in [0.4, 0.5) is 5.69 Å². The maximum Gasteiger partial charge on any atom is 0.277 e. The molecule has 0 atom stereocenters. The lowest BCUT2D eigenvalue weighted by Gasteiger charge is -2.21. The predicted octanol–water partition coefficient (Wildman–Crippen LogP) is 4.66. The van der Waals surface area contributed by atoms with Gasteiger partial charge in [-0.05, 0) is 36.4 Å². The molecule has 0 aliphatic carbocycles. The molecule has 140 valence electrons. The molecule has 0 spiro atoms. The second kappa shape index (κ2) is 8.58. The maximum atomic E-state index is 12.9. The SMILES string of the molecule is O=C(CSc1nnc(-c2ccccc2)o1)N(Cc1ccco1)c1ccccc1. The Morgan fingerprint density at radius 2 is 1.68 bits per heavy atom. The number of furan rings is 1. The van der Waals surface area contributed by atoms with Crippen LogP contribution < -0.4 is 4.90 Å². The Bertz CT molecular complexity index is 1020. The van der Waals surface area contributed by atoms with Crippen LogP contribution in [0.1, 0.15) is 5.76 Å². The van der Waals surface area contributed by atoms with Crippen LogP contribution in [0.25, 0.3) is 11.5 Å². The van der Waals surface area contributed by atoms with Gasteiger partial charge in [-0.25, -0.2) is 0 Å². The lowest BCUT2D eigenvalue weighted by molar-refractivity contribution is -0.116. The Morgan fingerprint density at radius 1 is 0.929 bits per heavy atom. The van der Waals surface area contributed by atoms with Crippen molar-refractivity contribution in [3.63, 3.8) is 0 Å². The summed E-state index contributed by atoms with van der Waals surface area (Å²) in [4.78, 5) is 14.6. The average Bonchev–Trinajstić information content (AvgIpc) is 3.44. The van der Waals surface area contributed by atoms with Crippen molar-refractivity contribution in [2.24, 2.45) is 0 Å². The number of aromatic nitrogens is 2. The molecule has 4 rings (SSSR count). The molecule has 0 radical (unpaired) electrons. The first kappa shape index (κ1) is 18.1. The third-order valence-electron chi connectivity index (χ3n) is 4.01. The molecular formula is C21H17N3O3S. The highest BCUT2D eigenvalue weighted by molar-refractivity contribution is 7.99. The summed E-state index contributed by atoms with van der Waals surface area (Å²) in [6.45, 7) is 0.357. The van der Waals surface area contributed by atoms with Gasteiger partial charge in [0, 0.05) is 11.3 Å². The van der Waals surface area contributed by atoms with Crippen molar-refractivity contribution in [1.82, 2.24) is 10.2 Å². The summed E-state index contributed by atoms with van der Waals surface area (Å²) in [7, 11) is 0. The van der Waals surface area contributed by atoms with E-state index in [0.29, 0.717) is 23.4 Å². The Labute approximate surface area is 166 Å². The fourth-order valence-corrected chi connectivity index (χ4v) is 3.30. The Balaban J connectivity index is 1.45. The second-order valence-electron chi connectivity index (χ2n) is 5.92. The zero-order valence-corrected chi connectivity index (χ0v) is 15.7. The number of hydrogen-bond donors (Lipinski definition) is 0. The number of thioether (sulfide) groups is 1. The Hall–Kier alpha value is -3.32. The second-order valence-corrected chi connectivity index (χ2v) is 6.85. The van der Waals surface area contributed by atoms with E-state index in [1.54, 1.807) is 17.2 Å². The number of rotatable bonds is 7. The van der Waals surface area contributed by atoms with Gasteiger partial charge in [-0.2, -0.15) is 0 Å². The van der Waals surface area contributed by atoms with Crippen molar-refractivity contribution in [3.05, 3.63) is 84.8 Å². The first-order chi connectivity index (χ1) is 13.8. The molecule has 0 saturated carbocycles. The highest BCUT2D eigenvalue weighted by atomic mass is 32.2. The molecule has 0 N–H and O–H groups in total. The fourth-order valence-electron chi connectivity index (χ4n) is 2.66.